The topological polar surface area (TPSA) is 46.5 Å². The Kier molecular flexibility index (Phi) is 1.93. The lowest BCUT2D eigenvalue weighted by Crippen LogP contribution is -2.34. The molecule has 0 spiro atoms. The van der Waals surface area contributed by atoms with Gasteiger partial charge in [-0.05, 0) is 19.8 Å². The molecule has 2 bridgehead atoms. The number of hydrogen-bond acceptors (Lipinski definition) is 3. The van der Waals surface area contributed by atoms with Crippen LogP contribution in [0.25, 0.3) is 0 Å². The zero-order chi connectivity index (χ0) is 8.72. The third-order valence-corrected chi connectivity index (χ3v) is 3.10. The maximum atomic E-state index is 11.2. The summed E-state index contributed by atoms with van der Waals surface area (Å²) in [5.41, 5.74) is 0. The highest BCUT2D eigenvalue weighted by Crippen LogP contribution is 2.43. The van der Waals surface area contributed by atoms with Crippen LogP contribution in [0.4, 0.5) is 0 Å². The van der Waals surface area contributed by atoms with Crippen molar-refractivity contribution in [2.45, 2.75) is 32.0 Å². The van der Waals surface area contributed by atoms with Crippen molar-refractivity contribution in [3.05, 3.63) is 0 Å². The van der Waals surface area contributed by atoms with Crippen LogP contribution in [0.2, 0.25) is 0 Å². The van der Waals surface area contributed by atoms with Gasteiger partial charge in [0.05, 0.1) is 18.1 Å². The minimum Gasteiger partial charge on any atom is -0.396 e. The highest BCUT2D eigenvalue weighted by molar-refractivity contribution is 5.79. The Morgan fingerprint density at radius 3 is 2.67 bits per heavy atom. The second-order valence-corrected chi connectivity index (χ2v) is 3.77. The van der Waals surface area contributed by atoms with E-state index in [1.807, 2.05) is 0 Å². The first-order valence-electron chi connectivity index (χ1n) is 4.51. The molecule has 0 radical (unpaired) electrons. The maximum absolute atomic E-state index is 11.2. The summed E-state index contributed by atoms with van der Waals surface area (Å²) in [5.74, 6) is 0.205. The average Bonchev–Trinajstić information content (AvgIpc) is 2.60. The van der Waals surface area contributed by atoms with E-state index >= 15 is 0 Å². The summed E-state index contributed by atoms with van der Waals surface area (Å²) in [6.45, 7) is 1.68. The summed E-state index contributed by atoms with van der Waals surface area (Å²) in [6, 6.07) is 0. The largest absolute Gasteiger partial charge is 0.396 e. The average molecular weight is 170 g/mol. The van der Waals surface area contributed by atoms with Crippen molar-refractivity contribution in [2.24, 2.45) is 11.8 Å². The van der Waals surface area contributed by atoms with Gasteiger partial charge in [-0.25, -0.2) is 0 Å². The van der Waals surface area contributed by atoms with Crippen LogP contribution in [0, 0.1) is 11.8 Å². The molecule has 2 rings (SSSR count). The van der Waals surface area contributed by atoms with Gasteiger partial charge in [-0.3, -0.25) is 4.79 Å². The molecule has 2 heterocycles. The van der Waals surface area contributed by atoms with Crippen LogP contribution in [-0.2, 0) is 9.53 Å². The lowest BCUT2D eigenvalue weighted by atomic mass is 9.78. The normalized spacial score (nSPS) is 45.2. The predicted molar refractivity (Wildman–Crippen MR) is 42.6 cm³/mol. The zero-order valence-electron chi connectivity index (χ0n) is 7.19. The summed E-state index contributed by atoms with van der Waals surface area (Å²) in [6.07, 6.45) is 2.25. The van der Waals surface area contributed by atoms with Gasteiger partial charge in [-0.2, -0.15) is 0 Å². The van der Waals surface area contributed by atoms with Crippen LogP contribution in [0.3, 0.4) is 0 Å². The quantitative estimate of drug-likeness (QED) is 0.651. The van der Waals surface area contributed by atoms with Gasteiger partial charge in [-0.15, -0.1) is 0 Å². The molecule has 0 saturated carbocycles. The highest BCUT2D eigenvalue weighted by Gasteiger charge is 2.50. The Morgan fingerprint density at radius 1 is 1.50 bits per heavy atom. The Hall–Kier alpha value is -0.410. The third-order valence-electron chi connectivity index (χ3n) is 3.10. The molecule has 0 aromatic heterocycles. The predicted octanol–water partition coefficient (Wildman–Crippen LogP) is 0.361. The monoisotopic (exact) mass is 170 g/mol. The number of fused-ring (bicyclic) bond motifs is 2. The van der Waals surface area contributed by atoms with E-state index in [4.69, 9.17) is 9.84 Å². The fourth-order valence-electron chi connectivity index (χ4n) is 2.57. The number of aliphatic hydroxyl groups is 1. The van der Waals surface area contributed by atoms with Crippen molar-refractivity contribution >= 4 is 5.78 Å². The van der Waals surface area contributed by atoms with Crippen molar-refractivity contribution in [3.8, 4) is 0 Å². The summed E-state index contributed by atoms with van der Waals surface area (Å²) in [7, 11) is 0. The molecule has 4 atom stereocenters. The number of hydrogen-bond donors (Lipinski definition) is 1. The van der Waals surface area contributed by atoms with E-state index in [1.165, 1.54) is 0 Å². The SMILES string of the molecule is CC(=O)[C@@H]1[C@H](CO)[C@@H]2CC[C@H]1O2. The number of carbonyl (C=O) groups is 1. The molecule has 0 unspecified atom stereocenters. The first-order valence-corrected chi connectivity index (χ1v) is 4.51. The molecule has 2 aliphatic rings. The number of ketones is 1. The molecule has 0 aromatic carbocycles. The lowest BCUT2D eigenvalue weighted by Gasteiger charge is -2.23. The van der Waals surface area contributed by atoms with Gasteiger partial charge in [0, 0.05) is 12.5 Å². The molecule has 2 fully saturated rings. The van der Waals surface area contributed by atoms with Crippen molar-refractivity contribution in [3.63, 3.8) is 0 Å². The van der Waals surface area contributed by atoms with Crippen LogP contribution >= 0.6 is 0 Å². The molecule has 0 aliphatic carbocycles. The van der Waals surface area contributed by atoms with E-state index in [0.717, 1.165) is 12.8 Å². The second kappa shape index (κ2) is 2.82. The molecular formula is C9H14O3. The lowest BCUT2D eigenvalue weighted by molar-refractivity contribution is -0.123. The summed E-state index contributed by atoms with van der Waals surface area (Å²) in [4.78, 5) is 11.2. The maximum Gasteiger partial charge on any atom is 0.135 e. The van der Waals surface area contributed by atoms with Gasteiger partial charge in [0.1, 0.15) is 5.78 Å². The highest BCUT2D eigenvalue weighted by atomic mass is 16.5. The number of ether oxygens (including phenoxy) is 1. The summed E-state index contributed by atoms with van der Waals surface area (Å²) in [5, 5.41) is 9.08. The van der Waals surface area contributed by atoms with Crippen LogP contribution in [-0.4, -0.2) is 29.7 Å². The molecule has 68 valence electrons. The van der Waals surface area contributed by atoms with E-state index in [-0.39, 0.29) is 36.4 Å². The fourth-order valence-corrected chi connectivity index (χ4v) is 2.57. The van der Waals surface area contributed by atoms with Crippen molar-refractivity contribution in [1.29, 1.82) is 0 Å². The Morgan fingerprint density at radius 2 is 2.17 bits per heavy atom. The van der Waals surface area contributed by atoms with E-state index in [0.29, 0.717) is 0 Å². The standard InChI is InChI=1S/C9H14O3/c1-5(11)9-6(4-10)7-2-3-8(9)12-7/h6-10H,2-4H2,1H3/t6-,7+,8-,9-/m1/s1. The van der Waals surface area contributed by atoms with Gasteiger partial charge in [0.2, 0.25) is 0 Å². The summed E-state index contributed by atoms with van der Waals surface area (Å²) < 4.78 is 5.57. The summed E-state index contributed by atoms with van der Waals surface area (Å²) >= 11 is 0. The van der Waals surface area contributed by atoms with Crippen molar-refractivity contribution in [1.82, 2.24) is 0 Å². The zero-order valence-corrected chi connectivity index (χ0v) is 7.19. The third kappa shape index (κ3) is 1.00. The van der Waals surface area contributed by atoms with Gasteiger partial charge < -0.3 is 9.84 Å². The Bertz CT molecular complexity index is 202. The van der Waals surface area contributed by atoms with E-state index in [2.05, 4.69) is 0 Å². The molecule has 3 heteroatoms. The minimum absolute atomic E-state index is 0.0336. The molecule has 12 heavy (non-hydrogen) atoms. The Labute approximate surface area is 71.7 Å². The molecule has 0 aromatic rings. The molecule has 3 nitrogen and oxygen atoms in total. The number of rotatable bonds is 2. The molecule has 0 amide bonds. The van der Waals surface area contributed by atoms with Gasteiger partial charge in [0.15, 0.2) is 0 Å². The van der Waals surface area contributed by atoms with Crippen LogP contribution in [0.15, 0.2) is 0 Å². The van der Waals surface area contributed by atoms with E-state index < -0.39 is 0 Å². The van der Waals surface area contributed by atoms with Gasteiger partial charge in [0.25, 0.3) is 0 Å². The Balaban J connectivity index is 2.16. The second-order valence-electron chi connectivity index (χ2n) is 3.77. The van der Waals surface area contributed by atoms with E-state index in [9.17, 15) is 4.79 Å². The molecular weight excluding hydrogens is 156 g/mol. The molecule has 2 saturated heterocycles. The van der Waals surface area contributed by atoms with Gasteiger partial charge >= 0.3 is 0 Å². The number of aliphatic hydroxyl groups excluding tert-OH is 1. The first kappa shape index (κ1) is 8.20. The van der Waals surface area contributed by atoms with Crippen molar-refractivity contribution < 1.29 is 14.6 Å². The minimum atomic E-state index is -0.0336. The van der Waals surface area contributed by atoms with Crippen LogP contribution < -0.4 is 0 Å². The van der Waals surface area contributed by atoms with Crippen molar-refractivity contribution in [2.75, 3.05) is 6.61 Å². The number of carbonyl (C=O) groups excluding carboxylic acids is 1. The van der Waals surface area contributed by atoms with Crippen LogP contribution in [0.5, 0.6) is 0 Å². The number of Topliss-reactive ketones (excluding diaryl/α,β-unsaturated/α-hetero) is 1. The molecule has 1 N–H and O–H groups in total. The van der Waals surface area contributed by atoms with E-state index in [1.54, 1.807) is 6.92 Å². The molecule has 2 aliphatic heterocycles. The fraction of sp³-hybridized carbons (Fsp3) is 0.889. The van der Waals surface area contributed by atoms with Crippen LogP contribution in [0.1, 0.15) is 19.8 Å². The first-order chi connectivity index (χ1) is 5.74. The van der Waals surface area contributed by atoms with Gasteiger partial charge in [-0.1, -0.05) is 0 Å². The smallest absolute Gasteiger partial charge is 0.135 e.